The molecule has 0 spiro atoms. The fourth-order valence-electron chi connectivity index (χ4n) is 2.24. The molecule has 1 aromatic heterocycles. The van der Waals surface area contributed by atoms with Gasteiger partial charge in [-0.25, -0.2) is 0 Å². The number of benzene rings is 2. The smallest absolute Gasteiger partial charge is 0.258 e. The normalized spacial score (nSPS) is 10.4. The van der Waals surface area contributed by atoms with E-state index in [9.17, 15) is 4.79 Å². The van der Waals surface area contributed by atoms with Crippen molar-refractivity contribution in [2.45, 2.75) is 0 Å². The Bertz CT molecular complexity index is 910. The SMILES string of the molecule is COc1ccc(-c2nc(NC(=O)c3cccc(I)c3)n[nH]2)c(OC)c1. The summed E-state index contributed by atoms with van der Waals surface area (Å²) in [7, 11) is 3.15. The van der Waals surface area contributed by atoms with Gasteiger partial charge in [0, 0.05) is 15.2 Å². The minimum atomic E-state index is -0.272. The maximum Gasteiger partial charge on any atom is 0.258 e. The zero-order valence-electron chi connectivity index (χ0n) is 13.5. The number of ether oxygens (including phenoxy) is 2. The maximum atomic E-state index is 12.3. The van der Waals surface area contributed by atoms with Crippen LogP contribution < -0.4 is 14.8 Å². The van der Waals surface area contributed by atoms with Crippen LogP contribution in [0.5, 0.6) is 11.5 Å². The first-order chi connectivity index (χ1) is 12.1. The second-order valence-electron chi connectivity index (χ2n) is 5.04. The van der Waals surface area contributed by atoms with E-state index >= 15 is 0 Å². The van der Waals surface area contributed by atoms with Gasteiger partial charge in [0.25, 0.3) is 5.91 Å². The van der Waals surface area contributed by atoms with E-state index in [0.717, 1.165) is 3.57 Å². The fourth-order valence-corrected chi connectivity index (χ4v) is 2.78. The van der Waals surface area contributed by atoms with Crippen molar-refractivity contribution in [1.82, 2.24) is 15.2 Å². The number of methoxy groups -OCH3 is 2. The molecule has 0 saturated carbocycles. The predicted molar refractivity (Wildman–Crippen MR) is 102 cm³/mol. The van der Waals surface area contributed by atoms with Crippen LogP contribution in [0.2, 0.25) is 0 Å². The lowest BCUT2D eigenvalue weighted by Gasteiger charge is -2.07. The Morgan fingerprint density at radius 1 is 1.16 bits per heavy atom. The summed E-state index contributed by atoms with van der Waals surface area (Å²) in [5.74, 6) is 1.67. The molecule has 0 radical (unpaired) electrons. The molecule has 0 unspecified atom stereocenters. The van der Waals surface area contributed by atoms with Crippen LogP contribution in [-0.4, -0.2) is 35.3 Å². The summed E-state index contributed by atoms with van der Waals surface area (Å²) in [6, 6.07) is 12.6. The van der Waals surface area contributed by atoms with Crippen LogP contribution in [0.4, 0.5) is 5.95 Å². The van der Waals surface area contributed by atoms with Gasteiger partial charge in [-0.05, 0) is 52.9 Å². The number of amides is 1. The van der Waals surface area contributed by atoms with E-state index in [-0.39, 0.29) is 11.9 Å². The van der Waals surface area contributed by atoms with Crippen LogP contribution in [0.3, 0.4) is 0 Å². The van der Waals surface area contributed by atoms with E-state index in [2.05, 4.69) is 43.1 Å². The van der Waals surface area contributed by atoms with Crippen LogP contribution in [0.1, 0.15) is 10.4 Å². The number of aromatic nitrogens is 3. The average molecular weight is 450 g/mol. The molecular weight excluding hydrogens is 435 g/mol. The van der Waals surface area contributed by atoms with Crippen LogP contribution >= 0.6 is 22.6 Å². The van der Waals surface area contributed by atoms with E-state index in [1.807, 2.05) is 18.2 Å². The van der Waals surface area contributed by atoms with Crippen molar-refractivity contribution in [2.75, 3.05) is 19.5 Å². The molecule has 25 heavy (non-hydrogen) atoms. The van der Waals surface area contributed by atoms with Gasteiger partial charge in [0.2, 0.25) is 5.95 Å². The number of H-pyrrole nitrogens is 1. The largest absolute Gasteiger partial charge is 0.497 e. The molecule has 0 fully saturated rings. The van der Waals surface area contributed by atoms with E-state index in [1.165, 1.54) is 0 Å². The van der Waals surface area contributed by atoms with Gasteiger partial charge in [-0.15, -0.1) is 5.10 Å². The molecule has 2 aromatic carbocycles. The summed E-state index contributed by atoms with van der Waals surface area (Å²) in [5, 5.41) is 9.52. The number of carbonyl (C=O) groups excluding carboxylic acids is 1. The molecule has 0 aliphatic rings. The van der Waals surface area contributed by atoms with Gasteiger partial charge in [-0.1, -0.05) is 6.07 Å². The van der Waals surface area contributed by atoms with E-state index < -0.39 is 0 Å². The lowest BCUT2D eigenvalue weighted by Crippen LogP contribution is -2.13. The quantitative estimate of drug-likeness (QED) is 0.583. The zero-order valence-corrected chi connectivity index (χ0v) is 15.7. The summed E-state index contributed by atoms with van der Waals surface area (Å²) in [4.78, 5) is 16.6. The third kappa shape index (κ3) is 3.90. The first-order valence-corrected chi connectivity index (χ1v) is 8.40. The topological polar surface area (TPSA) is 89.1 Å². The van der Waals surface area contributed by atoms with Crippen molar-refractivity contribution < 1.29 is 14.3 Å². The Balaban J connectivity index is 1.82. The van der Waals surface area contributed by atoms with Crippen molar-refractivity contribution in [3.8, 4) is 22.9 Å². The number of hydrogen-bond acceptors (Lipinski definition) is 5. The molecule has 0 aliphatic heterocycles. The Hall–Kier alpha value is -2.62. The highest BCUT2D eigenvalue weighted by Crippen LogP contribution is 2.31. The van der Waals surface area contributed by atoms with Crippen molar-refractivity contribution >= 4 is 34.4 Å². The third-order valence-electron chi connectivity index (χ3n) is 3.46. The number of halogens is 1. The van der Waals surface area contributed by atoms with Crippen LogP contribution in [0, 0.1) is 3.57 Å². The summed E-state index contributed by atoms with van der Waals surface area (Å²) in [6.45, 7) is 0. The molecule has 0 bridgehead atoms. The first-order valence-electron chi connectivity index (χ1n) is 7.32. The molecule has 8 heteroatoms. The number of nitrogens with one attached hydrogen (secondary N) is 2. The molecule has 7 nitrogen and oxygen atoms in total. The van der Waals surface area contributed by atoms with Crippen LogP contribution in [-0.2, 0) is 0 Å². The van der Waals surface area contributed by atoms with Crippen molar-refractivity contribution in [2.24, 2.45) is 0 Å². The van der Waals surface area contributed by atoms with E-state index in [0.29, 0.717) is 28.5 Å². The number of carbonyl (C=O) groups is 1. The molecule has 1 amide bonds. The summed E-state index contributed by atoms with van der Waals surface area (Å²) in [6.07, 6.45) is 0. The second kappa shape index (κ2) is 7.51. The van der Waals surface area contributed by atoms with Gasteiger partial charge >= 0.3 is 0 Å². The Kier molecular flexibility index (Phi) is 5.17. The maximum absolute atomic E-state index is 12.3. The number of anilines is 1. The van der Waals surface area contributed by atoms with E-state index in [4.69, 9.17) is 9.47 Å². The Labute approximate surface area is 157 Å². The summed E-state index contributed by atoms with van der Waals surface area (Å²) in [5.41, 5.74) is 1.26. The highest BCUT2D eigenvalue weighted by molar-refractivity contribution is 14.1. The molecule has 0 aliphatic carbocycles. The number of aromatic amines is 1. The van der Waals surface area contributed by atoms with Crippen LogP contribution in [0.25, 0.3) is 11.4 Å². The number of rotatable bonds is 5. The molecule has 1 heterocycles. The van der Waals surface area contributed by atoms with Crippen LogP contribution in [0.15, 0.2) is 42.5 Å². The molecule has 0 atom stereocenters. The third-order valence-corrected chi connectivity index (χ3v) is 4.13. The zero-order chi connectivity index (χ0) is 17.8. The van der Waals surface area contributed by atoms with Gasteiger partial charge in [0.05, 0.1) is 19.8 Å². The fraction of sp³-hybridized carbons (Fsp3) is 0.118. The van der Waals surface area contributed by atoms with Crippen molar-refractivity contribution in [3.05, 3.63) is 51.6 Å². The second-order valence-corrected chi connectivity index (χ2v) is 6.28. The molecule has 0 saturated heterocycles. The van der Waals surface area contributed by atoms with Gasteiger partial charge in [0.15, 0.2) is 5.82 Å². The standard InChI is InChI=1S/C17H15IN4O3/c1-24-12-6-7-13(14(9-12)25-2)15-19-17(22-21-15)20-16(23)10-4-3-5-11(18)8-10/h3-9H,1-2H3,(H2,19,20,21,22,23). The molecule has 128 valence electrons. The van der Waals surface area contributed by atoms with Gasteiger partial charge < -0.3 is 9.47 Å². The number of nitrogens with zero attached hydrogens (tertiary/aromatic N) is 2. The number of hydrogen-bond donors (Lipinski definition) is 2. The molecule has 2 N–H and O–H groups in total. The van der Waals surface area contributed by atoms with Crippen molar-refractivity contribution in [3.63, 3.8) is 0 Å². The average Bonchev–Trinajstić information content (AvgIpc) is 3.09. The Morgan fingerprint density at radius 2 is 2.00 bits per heavy atom. The van der Waals surface area contributed by atoms with Gasteiger partial charge in [-0.3, -0.25) is 15.2 Å². The lowest BCUT2D eigenvalue weighted by molar-refractivity contribution is 0.102. The minimum Gasteiger partial charge on any atom is -0.497 e. The van der Waals surface area contributed by atoms with E-state index in [1.54, 1.807) is 38.5 Å². The highest BCUT2D eigenvalue weighted by Gasteiger charge is 2.14. The lowest BCUT2D eigenvalue weighted by atomic mass is 10.2. The highest BCUT2D eigenvalue weighted by atomic mass is 127. The predicted octanol–water partition coefficient (Wildman–Crippen LogP) is 3.35. The molecular formula is C17H15IN4O3. The monoisotopic (exact) mass is 450 g/mol. The minimum absolute atomic E-state index is 0.191. The molecule has 3 rings (SSSR count). The first kappa shape index (κ1) is 17.2. The van der Waals surface area contributed by atoms with Gasteiger partial charge in [-0.2, -0.15) is 4.98 Å². The van der Waals surface area contributed by atoms with Crippen molar-refractivity contribution in [1.29, 1.82) is 0 Å². The van der Waals surface area contributed by atoms with Gasteiger partial charge in [0.1, 0.15) is 11.5 Å². The summed E-state index contributed by atoms with van der Waals surface area (Å²) >= 11 is 2.15. The summed E-state index contributed by atoms with van der Waals surface area (Å²) < 4.78 is 11.5. The Morgan fingerprint density at radius 3 is 2.72 bits per heavy atom. The molecule has 3 aromatic rings.